The fourth-order valence-corrected chi connectivity index (χ4v) is 3.23. The van der Waals surface area contributed by atoms with E-state index in [1.165, 1.54) is 0 Å². The number of hydrogen-bond acceptors (Lipinski definition) is 3. The van der Waals surface area contributed by atoms with E-state index in [9.17, 15) is 4.79 Å². The maximum atomic E-state index is 12.3. The third-order valence-electron chi connectivity index (χ3n) is 4.57. The van der Waals surface area contributed by atoms with Gasteiger partial charge < -0.3 is 14.8 Å². The van der Waals surface area contributed by atoms with E-state index in [1.54, 1.807) is 0 Å². The minimum atomic E-state index is 0.128. The molecule has 0 spiro atoms. The summed E-state index contributed by atoms with van der Waals surface area (Å²) in [6.07, 6.45) is 6.66. The molecule has 1 saturated heterocycles. The van der Waals surface area contributed by atoms with E-state index in [0.717, 1.165) is 62.1 Å². The van der Waals surface area contributed by atoms with E-state index in [1.807, 2.05) is 25.1 Å². The van der Waals surface area contributed by atoms with Gasteiger partial charge in [-0.1, -0.05) is 18.9 Å². The van der Waals surface area contributed by atoms with Gasteiger partial charge in [0, 0.05) is 12.5 Å². The zero-order valence-corrected chi connectivity index (χ0v) is 13.3. The van der Waals surface area contributed by atoms with Crippen LogP contribution in [-0.4, -0.2) is 25.2 Å². The van der Waals surface area contributed by atoms with Crippen LogP contribution < -0.4 is 10.1 Å². The predicted octanol–water partition coefficient (Wildman–Crippen LogP) is 3.68. The number of aryl methyl sites for hydroxylation is 1. The molecule has 120 valence electrons. The molecule has 1 N–H and O–H groups in total. The highest BCUT2D eigenvalue weighted by atomic mass is 16.5. The Hall–Kier alpha value is -1.55. The molecular formula is C18H25NO3. The number of carbonyl (C=O) groups is 1. The zero-order valence-electron chi connectivity index (χ0n) is 13.3. The predicted molar refractivity (Wildman–Crippen MR) is 86.2 cm³/mol. The minimum Gasteiger partial charge on any atom is -0.489 e. The number of amides is 1. The third kappa shape index (κ3) is 3.80. The van der Waals surface area contributed by atoms with Crippen LogP contribution in [-0.2, 0) is 9.53 Å². The average molecular weight is 303 g/mol. The van der Waals surface area contributed by atoms with E-state index < -0.39 is 0 Å². The molecular weight excluding hydrogens is 278 g/mol. The fourth-order valence-electron chi connectivity index (χ4n) is 3.23. The Morgan fingerprint density at radius 2 is 2.09 bits per heavy atom. The number of benzene rings is 1. The Morgan fingerprint density at radius 1 is 1.27 bits per heavy atom. The van der Waals surface area contributed by atoms with Crippen molar-refractivity contribution in [3.05, 3.63) is 23.8 Å². The van der Waals surface area contributed by atoms with Gasteiger partial charge in [0.15, 0.2) is 0 Å². The van der Waals surface area contributed by atoms with Crippen molar-refractivity contribution in [3.8, 4) is 5.75 Å². The van der Waals surface area contributed by atoms with Crippen molar-refractivity contribution < 1.29 is 14.3 Å². The number of rotatable bonds is 5. The lowest BCUT2D eigenvalue weighted by molar-refractivity contribution is -0.119. The zero-order chi connectivity index (χ0) is 15.4. The second-order valence-electron chi connectivity index (χ2n) is 6.42. The molecule has 1 aliphatic carbocycles. The monoisotopic (exact) mass is 303 g/mol. The highest BCUT2D eigenvalue weighted by Crippen LogP contribution is 2.30. The molecule has 0 unspecified atom stereocenters. The summed E-state index contributed by atoms with van der Waals surface area (Å²) in [5.41, 5.74) is 1.90. The van der Waals surface area contributed by atoms with E-state index >= 15 is 0 Å². The number of hydrogen-bond donors (Lipinski definition) is 1. The Bertz CT molecular complexity index is 517. The molecule has 1 aromatic rings. The molecule has 2 fully saturated rings. The molecule has 1 aromatic carbocycles. The maximum Gasteiger partial charge on any atom is 0.227 e. The summed E-state index contributed by atoms with van der Waals surface area (Å²) < 4.78 is 11.5. The van der Waals surface area contributed by atoms with Gasteiger partial charge in [-0.25, -0.2) is 0 Å². The molecule has 3 rings (SSSR count). The smallest absolute Gasteiger partial charge is 0.227 e. The second kappa shape index (κ2) is 7.14. The first-order chi connectivity index (χ1) is 10.7. The van der Waals surface area contributed by atoms with Gasteiger partial charge in [0.05, 0.1) is 11.8 Å². The quantitative estimate of drug-likeness (QED) is 0.902. The van der Waals surface area contributed by atoms with Crippen LogP contribution in [0.1, 0.15) is 44.1 Å². The number of ether oxygens (including phenoxy) is 2. The van der Waals surface area contributed by atoms with Gasteiger partial charge >= 0.3 is 0 Å². The number of nitrogens with one attached hydrogen (secondary N) is 1. The fraction of sp³-hybridized carbons (Fsp3) is 0.611. The van der Waals surface area contributed by atoms with Crippen LogP contribution in [0.2, 0.25) is 0 Å². The molecule has 2 aliphatic rings. The first-order valence-electron chi connectivity index (χ1n) is 8.38. The van der Waals surface area contributed by atoms with E-state index in [-0.39, 0.29) is 17.9 Å². The molecule has 0 aromatic heterocycles. The Morgan fingerprint density at radius 3 is 2.82 bits per heavy atom. The van der Waals surface area contributed by atoms with Crippen molar-refractivity contribution in [3.63, 3.8) is 0 Å². The van der Waals surface area contributed by atoms with Crippen molar-refractivity contribution in [1.82, 2.24) is 0 Å². The van der Waals surface area contributed by atoms with Crippen molar-refractivity contribution in [2.75, 3.05) is 18.5 Å². The summed E-state index contributed by atoms with van der Waals surface area (Å²) in [7, 11) is 0. The summed E-state index contributed by atoms with van der Waals surface area (Å²) >= 11 is 0. The van der Waals surface area contributed by atoms with E-state index in [4.69, 9.17) is 9.47 Å². The van der Waals surface area contributed by atoms with Crippen molar-refractivity contribution in [1.29, 1.82) is 0 Å². The van der Waals surface area contributed by atoms with Crippen LogP contribution in [0, 0.1) is 12.8 Å². The summed E-state index contributed by atoms with van der Waals surface area (Å²) in [6.45, 7) is 3.41. The highest BCUT2D eigenvalue weighted by molar-refractivity contribution is 5.94. The van der Waals surface area contributed by atoms with Crippen molar-refractivity contribution in [2.45, 2.75) is 51.6 Å². The van der Waals surface area contributed by atoms with Crippen LogP contribution in [0.15, 0.2) is 18.2 Å². The van der Waals surface area contributed by atoms with Crippen LogP contribution >= 0.6 is 0 Å². The molecule has 1 atom stereocenters. The summed E-state index contributed by atoms with van der Waals surface area (Å²) in [5, 5.41) is 3.05. The van der Waals surface area contributed by atoms with Gasteiger partial charge in [0.25, 0.3) is 0 Å². The Kier molecular flexibility index (Phi) is 4.98. The number of carbonyl (C=O) groups excluding carboxylic acids is 1. The van der Waals surface area contributed by atoms with Crippen LogP contribution in [0.5, 0.6) is 5.75 Å². The minimum absolute atomic E-state index is 0.128. The molecule has 0 bridgehead atoms. The lowest BCUT2D eigenvalue weighted by Gasteiger charge is -2.17. The third-order valence-corrected chi connectivity index (χ3v) is 4.57. The molecule has 1 amide bonds. The molecule has 1 heterocycles. The highest BCUT2D eigenvalue weighted by Gasteiger charge is 2.24. The lowest BCUT2D eigenvalue weighted by Crippen LogP contribution is -2.22. The maximum absolute atomic E-state index is 12.3. The molecule has 1 aliphatic heterocycles. The molecule has 1 saturated carbocycles. The van der Waals surface area contributed by atoms with Gasteiger partial charge in [-0.3, -0.25) is 4.79 Å². The number of anilines is 1. The van der Waals surface area contributed by atoms with Crippen LogP contribution in [0.3, 0.4) is 0 Å². The van der Waals surface area contributed by atoms with E-state index in [2.05, 4.69) is 5.32 Å². The largest absolute Gasteiger partial charge is 0.489 e. The average Bonchev–Trinajstić information content (AvgIpc) is 3.20. The van der Waals surface area contributed by atoms with Crippen molar-refractivity contribution in [2.24, 2.45) is 5.92 Å². The lowest BCUT2D eigenvalue weighted by atomic mass is 10.1. The van der Waals surface area contributed by atoms with E-state index in [0.29, 0.717) is 6.61 Å². The van der Waals surface area contributed by atoms with Crippen LogP contribution in [0.4, 0.5) is 5.69 Å². The van der Waals surface area contributed by atoms with Gasteiger partial charge in [-0.2, -0.15) is 0 Å². The van der Waals surface area contributed by atoms with Crippen molar-refractivity contribution >= 4 is 11.6 Å². The second-order valence-corrected chi connectivity index (χ2v) is 6.42. The Labute approximate surface area is 132 Å². The normalized spacial score (nSPS) is 22.0. The Balaban J connectivity index is 1.65. The van der Waals surface area contributed by atoms with Gasteiger partial charge in [0.2, 0.25) is 5.91 Å². The first-order valence-corrected chi connectivity index (χ1v) is 8.38. The molecule has 4 heteroatoms. The van der Waals surface area contributed by atoms with Gasteiger partial charge in [-0.05, 0) is 50.3 Å². The first kappa shape index (κ1) is 15.3. The standard InChI is InChI=1S/C18H25NO3/c1-13-8-9-16(19-18(20)14-5-2-3-6-14)17(11-13)22-12-15-7-4-10-21-15/h8-9,11,14-15H,2-7,10,12H2,1H3,(H,19,20)/t15-/m1/s1. The van der Waals surface area contributed by atoms with Gasteiger partial charge in [-0.15, -0.1) is 0 Å². The van der Waals surface area contributed by atoms with Crippen LogP contribution in [0.25, 0.3) is 0 Å². The SMILES string of the molecule is Cc1ccc(NC(=O)C2CCCC2)c(OC[C@H]2CCCO2)c1. The summed E-state index contributed by atoms with van der Waals surface area (Å²) in [4.78, 5) is 12.3. The molecule has 22 heavy (non-hydrogen) atoms. The summed E-state index contributed by atoms with van der Waals surface area (Å²) in [6, 6.07) is 5.93. The topological polar surface area (TPSA) is 47.6 Å². The van der Waals surface area contributed by atoms with Gasteiger partial charge in [0.1, 0.15) is 12.4 Å². The summed E-state index contributed by atoms with van der Waals surface area (Å²) in [5.74, 6) is 1.04. The molecule has 0 radical (unpaired) electrons. The molecule has 4 nitrogen and oxygen atoms in total.